The Morgan fingerprint density at radius 3 is 2.69 bits per heavy atom. The summed E-state index contributed by atoms with van der Waals surface area (Å²) in [7, 11) is 5.10. The Bertz CT molecular complexity index is 628. The summed E-state index contributed by atoms with van der Waals surface area (Å²) in [5, 5.41) is 6.50. The van der Waals surface area contributed by atoms with Crippen molar-refractivity contribution in [2.24, 2.45) is 4.99 Å². The fourth-order valence-electron chi connectivity index (χ4n) is 2.79. The van der Waals surface area contributed by atoms with Crippen molar-refractivity contribution in [2.45, 2.75) is 32.0 Å². The van der Waals surface area contributed by atoms with Gasteiger partial charge in [0.15, 0.2) is 5.96 Å². The molecule has 1 aromatic rings. The first-order valence-electron chi connectivity index (χ1n) is 10.1. The van der Waals surface area contributed by atoms with Gasteiger partial charge in [0.2, 0.25) is 5.91 Å². The van der Waals surface area contributed by atoms with E-state index in [1.807, 2.05) is 24.3 Å². The zero-order valence-electron chi connectivity index (χ0n) is 17.8. The van der Waals surface area contributed by atoms with Gasteiger partial charge in [-0.3, -0.25) is 4.79 Å². The number of carbonyl (C=O) groups is 1. The zero-order chi connectivity index (χ0) is 20.9. The molecule has 1 heterocycles. The van der Waals surface area contributed by atoms with Crippen molar-refractivity contribution >= 4 is 11.9 Å². The lowest BCUT2D eigenvalue weighted by Gasteiger charge is -2.24. The normalized spacial score (nSPS) is 16.9. The maximum Gasteiger partial charge on any atom is 0.243 e. The fraction of sp³-hybridized carbons (Fsp3) is 0.619. The van der Waals surface area contributed by atoms with Crippen LogP contribution < -0.4 is 15.4 Å². The standard InChI is InChI=1S/C21H34N4O4/c1-25(2)20(26)15-24-21(23-14-19-6-4-5-12-29-19)22-11-13-28-16-17-7-9-18(27-3)10-8-17/h7-10,19H,4-6,11-16H2,1-3H3,(H2,22,23,24). The molecule has 2 rings (SSSR count). The van der Waals surface area contributed by atoms with Gasteiger partial charge in [-0.15, -0.1) is 0 Å². The number of methoxy groups -OCH3 is 1. The highest BCUT2D eigenvalue weighted by Gasteiger charge is 2.14. The van der Waals surface area contributed by atoms with Crippen LogP contribution in [0.4, 0.5) is 0 Å². The van der Waals surface area contributed by atoms with E-state index in [4.69, 9.17) is 14.2 Å². The molecule has 0 radical (unpaired) electrons. The average molecular weight is 407 g/mol. The minimum atomic E-state index is -0.0456. The smallest absolute Gasteiger partial charge is 0.243 e. The summed E-state index contributed by atoms with van der Waals surface area (Å²) in [4.78, 5) is 17.8. The molecule has 1 saturated heterocycles. The van der Waals surface area contributed by atoms with Gasteiger partial charge in [0.25, 0.3) is 0 Å². The van der Waals surface area contributed by atoms with E-state index in [-0.39, 0.29) is 18.6 Å². The summed E-state index contributed by atoms with van der Waals surface area (Å²) in [6.07, 6.45) is 3.54. The first kappa shape index (κ1) is 23.0. The molecule has 1 atom stereocenters. The summed E-state index contributed by atoms with van der Waals surface area (Å²) in [5.41, 5.74) is 1.09. The van der Waals surface area contributed by atoms with Crippen LogP contribution in [0, 0.1) is 0 Å². The van der Waals surface area contributed by atoms with E-state index in [0.717, 1.165) is 30.8 Å². The second kappa shape index (κ2) is 13.0. The third-order valence-electron chi connectivity index (χ3n) is 4.61. The van der Waals surface area contributed by atoms with Crippen LogP contribution >= 0.6 is 0 Å². The Labute approximate surface area is 173 Å². The van der Waals surface area contributed by atoms with E-state index in [1.165, 1.54) is 11.3 Å². The van der Waals surface area contributed by atoms with Gasteiger partial charge in [-0.25, -0.2) is 4.99 Å². The van der Waals surface area contributed by atoms with Crippen molar-refractivity contribution in [2.75, 3.05) is 54.1 Å². The van der Waals surface area contributed by atoms with E-state index >= 15 is 0 Å². The van der Waals surface area contributed by atoms with Crippen LogP contribution in [0.25, 0.3) is 0 Å². The number of benzene rings is 1. The number of likely N-dealkylation sites (N-methyl/N-ethyl adjacent to an activating group) is 1. The van der Waals surface area contributed by atoms with E-state index < -0.39 is 0 Å². The third-order valence-corrected chi connectivity index (χ3v) is 4.61. The van der Waals surface area contributed by atoms with Crippen molar-refractivity contribution in [1.29, 1.82) is 0 Å². The van der Waals surface area contributed by atoms with Crippen LogP contribution in [0.2, 0.25) is 0 Å². The number of guanidine groups is 1. The monoisotopic (exact) mass is 406 g/mol. The number of ether oxygens (including phenoxy) is 3. The predicted octanol–water partition coefficient (Wildman–Crippen LogP) is 1.40. The molecule has 0 aliphatic carbocycles. The number of aliphatic imine (C=N–C) groups is 1. The summed E-state index contributed by atoms with van der Waals surface area (Å²) in [6, 6.07) is 7.80. The molecule has 1 aromatic carbocycles. The van der Waals surface area contributed by atoms with E-state index in [9.17, 15) is 4.79 Å². The van der Waals surface area contributed by atoms with Gasteiger partial charge >= 0.3 is 0 Å². The highest BCUT2D eigenvalue weighted by Crippen LogP contribution is 2.12. The van der Waals surface area contributed by atoms with Gasteiger partial charge in [-0.05, 0) is 37.0 Å². The van der Waals surface area contributed by atoms with Gasteiger partial charge in [-0.1, -0.05) is 12.1 Å². The van der Waals surface area contributed by atoms with Crippen LogP contribution in [0.15, 0.2) is 29.3 Å². The maximum atomic E-state index is 11.8. The quantitative estimate of drug-likeness (QED) is 0.347. The molecule has 0 aromatic heterocycles. The summed E-state index contributed by atoms with van der Waals surface area (Å²) < 4.78 is 16.6. The molecule has 1 amide bonds. The van der Waals surface area contributed by atoms with E-state index in [1.54, 1.807) is 21.2 Å². The second-order valence-corrected chi connectivity index (χ2v) is 7.15. The Kier molecular flexibility index (Phi) is 10.3. The lowest BCUT2D eigenvalue weighted by molar-refractivity contribution is -0.127. The number of amides is 1. The molecule has 29 heavy (non-hydrogen) atoms. The minimum Gasteiger partial charge on any atom is -0.497 e. The lowest BCUT2D eigenvalue weighted by Crippen LogP contribution is -2.44. The lowest BCUT2D eigenvalue weighted by atomic mass is 10.1. The van der Waals surface area contributed by atoms with Gasteiger partial charge in [0.1, 0.15) is 12.3 Å². The summed E-state index contributed by atoms with van der Waals surface area (Å²) >= 11 is 0. The molecule has 8 nitrogen and oxygen atoms in total. The molecule has 1 aliphatic heterocycles. The van der Waals surface area contributed by atoms with Crippen molar-refractivity contribution in [3.8, 4) is 5.75 Å². The molecule has 0 bridgehead atoms. The third kappa shape index (κ3) is 9.15. The van der Waals surface area contributed by atoms with Crippen molar-refractivity contribution in [3.63, 3.8) is 0 Å². The molecule has 0 saturated carbocycles. The maximum absolute atomic E-state index is 11.8. The minimum absolute atomic E-state index is 0.0456. The molecule has 1 aliphatic rings. The number of hydrogen-bond acceptors (Lipinski definition) is 5. The highest BCUT2D eigenvalue weighted by atomic mass is 16.5. The van der Waals surface area contributed by atoms with Gasteiger partial charge in [-0.2, -0.15) is 0 Å². The van der Waals surface area contributed by atoms with E-state index in [2.05, 4.69) is 15.6 Å². The van der Waals surface area contributed by atoms with Crippen LogP contribution in [0.3, 0.4) is 0 Å². The van der Waals surface area contributed by atoms with Crippen molar-refractivity contribution in [1.82, 2.24) is 15.5 Å². The van der Waals surface area contributed by atoms with Crippen LogP contribution in [-0.4, -0.2) is 76.9 Å². The topological polar surface area (TPSA) is 84.4 Å². The Hall–Kier alpha value is -2.32. The first-order valence-corrected chi connectivity index (χ1v) is 10.1. The number of carbonyl (C=O) groups excluding carboxylic acids is 1. The molecular weight excluding hydrogens is 372 g/mol. The van der Waals surface area contributed by atoms with Gasteiger partial charge in [0, 0.05) is 33.8 Å². The van der Waals surface area contributed by atoms with Gasteiger partial charge in [0.05, 0.1) is 26.4 Å². The number of hydrogen-bond donors (Lipinski definition) is 2. The fourth-order valence-corrected chi connectivity index (χ4v) is 2.79. The molecule has 1 fully saturated rings. The SMILES string of the molecule is COc1ccc(COCCNC(=NCC(=O)N(C)C)NCC2CCCCO2)cc1. The zero-order valence-corrected chi connectivity index (χ0v) is 17.8. The predicted molar refractivity (Wildman–Crippen MR) is 113 cm³/mol. The molecule has 8 heteroatoms. The van der Waals surface area contributed by atoms with Crippen LogP contribution in [-0.2, 0) is 20.9 Å². The number of nitrogens with one attached hydrogen (secondary N) is 2. The average Bonchev–Trinajstić information content (AvgIpc) is 2.75. The summed E-state index contributed by atoms with van der Waals surface area (Å²) in [6.45, 7) is 3.22. The second-order valence-electron chi connectivity index (χ2n) is 7.15. The molecule has 0 spiro atoms. The van der Waals surface area contributed by atoms with Gasteiger partial charge < -0.3 is 29.7 Å². The highest BCUT2D eigenvalue weighted by molar-refractivity contribution is 5.84. The summed E-state index contributed by atoms with van der Waals surface area (Å²) in [5.74, 6) is 1.38. The molecule has 162 valence electrons. The number of rotatable bonds is 10. The Balaban J connectivity index is 1.74. The van der Waals surface area contributed by atoms with Crippen molar-refractivity contribution in [3.05, 3.63) is 29.8 Å². The number of nitrogens with zero attached hydrogens (tertiary/aromatic N) is 2. The Morgan fingerprint density at radius 1 is 1.24 bits per heavy atom. The van der Waals surface area contributed by atoms with Crippen LogP contribution in [0.1, 0.15) is 24.8 Å². The van der Waals surface area contributed by atoms with Crippen LogP contribution in [0.5, 0.6) is 5.75 Å². The molecule has 2 N–H and O–H groups in total. The van der Waals surface area contributed by atoms with Crippen molar-refractivity contribution < 1.29 is 19.0 Å². The molecular formula is C21H34N4O4. The first-order chi connectivity index (χ1) is 14.1. The Morgan fingerprint density at radius 2 is 2.03 bits per heavy atom. The molecule has 1 unspecified atom stereocenters. The van der Waals surface area contributed by atoms with E-state index in [0.29, 0.717) is 32.3 Å². The largest absolute Gasteiger partial charge is 0.497 e.